The highest BCUT2D eigenvalue weighted by Gasteiger charge is 2.12. The molecule has 1 heteroatoms. The van der Waals surface area contributed by atoms with E-state index in [1.807, 2.05) is 0 Å². The predicted octanol–water partition coefficient (Wildman–Crippen LogP) is 3.69. The standard InChI is InChI=1S/C11H22N/c1-5-7-10(6-2)11(12)8-9(3)4/h9-10,12H,1,5-8H2,2-4H3/t10-/m0/s1. The van der Waals surface area contributed by atoms with Crippen molar-refractivity contribution in [2.24, 2.45) is 11.8 Å². The van der Waals surface area contributed by atoms with E-state index < -0.39 is 0 Å². The van der Waals surface area contributed by atoms with E-state index >= 15 is 0 Å². The lowest BCUT2D eigenvalue weighted by Crippen LogP contribution is -2.14. The van der Waals surface area contributed by atoms with Crippen LogP contribution < -0.4 is 0 Å². The first kappa shape index (κ1) is 11.7. The fourth-order valence-electron chi connectivity index (χ4n) is 1.48. The molecule has 71 valence electrons. The van der Waals surface area contributed by atoms with Crippen LogP contribution in [0, 0.1) is 24.2 Å². The number of hydrogen-bond donors (Lipinski definition) is 1. The number of nitrogens with one attached hydrogen (secondary N) is 1. The van der Waals surface area contributed by atoms with Gasteiger partial charge in [0.15, 0.2) is 0 Å². The average Bonchev–Trinajstić information content (AvgIpc) is 1.98. The fourth-order valence-corrected chi connectivity index (χ4v) is 1.48. The lowest BCUT2D eigenvalue weighted by molar-refractivity contribution is 0.572. The van der Waals surface area contributed by atoms with Gasteiger partial charge < -0.3 is 5.41 Å². The lowest BCUT2D eigenvalue weighted by atomic mass is 9.90. The second-order valence-electron chi connectivity index (χ2n) is 3.87. The monoisotopic (exact) mass is 168 g/mol. The summed E-state index contributed by atoms with van der Waals surface area (Å²) in [7, 11) is 0. The fraction of sp³-hybridized carbons (Fsp3) is 0.818. The van der Waals surface area contributed by atoms with Gasteiger partial charge in [0.05, 0.1) is 0 Å². The van der Waals surface area contributed by atoms with Crippen LogP contribution in [-0.2, 0) is 0 Å². The molecule has 0 aliphatic heterocycles. The van der Waals surface area contributed by atoms with E-state index in [0.717, 1.165) is 31.4 Å². The van der Waals surface area contributed by atoms with Crippen molar-refractivity contribution < 1.29 is 0 Å². The highest BCUT2D eigenvalue weighted by Crippen LogP contribution is 2.16. The minimum Gasteiger partial charge on any atom is -0.309 e. The minimum atomic E-state index is 0.491. The molecule has 0 amide bonds. The van der Waals surface area contributed by atoms with Gasteiger partial charge in [-0.2, -0.15) is 0 Å². The Morgan fingerprint density at radius 1 is 1.42 bits per heavy atom. The van der Waals surface area contributed by atoms with Gasteiger partial charge in [-0.15, -0.1) is 0 Å². The van der Waals surface area contributed by atoms with E-state index in [-0.39, 0.29) is 0 Å². The van der Waals surface area contributed by atoms with Crippen LogP contribution in [-0.4, -0.2) is 5.71 Å². The van der Waals surface area contributed by atoms with Crippen LogP contribution >= 0.6 is 0 Å². The molecule has 0 aromatic carbocycles. The topological polar surface area (TPSA) is 23.9 Å². The maximum atomic E-state index is 7.85. The summed E-state index contributed by atoms with van der Waals surface area (Å²) in [5, 5.41) is 7.85. The van der Waals surface area contributed by atoms with Crippen molar-refractivity contribution in [2.75, 3.05) is 0 Å². The largest absolute Gasteiger partial charge is 0.309 e. The van der Waals surface area contributed by atoms with Gasteiger partial charge in [-0.1, -0.05) is 34.1 Å². The van der Waals surface area contributed by atoms with E-state index in [4.69, 9.17) is 5.41 Å². The zero-order valence-corrected chi connectivity index (χ0v) is 8.69. The summed E-state index contributed by atoms with van der Waals surface area (Å²) in [6.45, 7) is 10.3. The van der Waals surface area contributed by atoms with Crippen LogP contribution in [0.2, 0.25) is 0 Å². The number of rotatable bonds is 6. The third-order valence-corrected chi connectivity index (χ3v) is 2.17. The van der Waals surface area contributed by atoms with Gasteiger partial charge >= 0.3 is 0 Å². The molecule has 0 aromatic heterocycles. The summed E-state index contributed by atoms with van der Waals surface area (Å²) in [5.41, 5.74) is 0.927. The zero-order valence-electron chi connectivity index (χ0n) is 8.69. The second kappa shape index (κ2) is 6.22. The summed E-state index contributed by atoms with van der Waals surface area (Å²) in [6, 6.07) is 0. The molecule has 1 nitrogen and oxygen atoms in total. The van der Waals surface area contributed by atoms with E-state index in [1.54, 1.807) is 0 Å². The van der Waals surface area contributed by atoms with Gasteiger partial charge in [0.1, 0.15) is 0 Å². The Kier molecular flexibility index (Phi) is 6.04. The van der Waals surface area contributed by atoms with Crippen molar-refractivity contribution >= 4 is 5.71 Å². The molecular formula is C11H22N. The Hall–Kier alpha value is -0.330. The summed E-state index contributed by atoms with van der Waals surface area (Å²) in [6.07, 6.45) is 4.10. The molecule has 1 N–H and O–H groups in total. The predicted molar refractivity (Wildman–Crippen MR) is 55.6 cm³/mol. The van der Waals surface area contributed by atoms with Crippen LogP contribution in [0.3, 0.4) is 0 Å². The van der Waals surface area contributed by atoms with Gasteiger partial charge in [0.25, 0.3) is 0 Å². The lowest BCUT2D eigenvalue weighted by Gasteiger charge is -2.16. The summed E-state index contributed by atoms with van der Waals surface area (Å²) in [5.74, 6) is 1.11. The molecule has 0 spiro atoms. The molecule has 0 fully saturated rings. The van der Waals surface area contributed by atoms with Crippen LogP contribution in [0.4, 0.5) is 0 Å². The quantitative estimate of drug-likeness (QED) is 0.585. The van der Waals surface area contributed by atoms with Crippen LogP contribution in [0.25, 0.3) is 0 Å². The molecule has 12 heavy (non-hydrogen) atoms. The summed E-state index contributed by atoms with van der Waals surface area (Å²) >= 11 is 0. The van der Waals surface area contributed by atoms with E-state index in [0.29, 0.717) is 11.8 Å². The first-order valence-corrected chi connectivity index (χ1v) is 4.98. The molecule has 1 radical (unpaired) electrons. The molecule has 0 aliphatic carbocycles. The molecule has 0 saturated heterocycles. The third-order valence-electron chi connectivity index (χ3n) is 2.17. The summed E-state index contributed by atoms with van der Waals surface area (Å²) < 4.78 is 0. The third kappa shape index (κ3) is 4.53. The van der Waals surface area contributed by atoms with Crippen molar-refractivity contribution in [1.82, 2.24) is 0 Å². The molecular weight excluding hydrogens is 146 g/mol. The van der Waals surface area contributed by atoms with Gasteiger partial charge in [-0.05, 0) is 31.1 Å². The normalized spacial score (nSPS) is 13.4. The van der Waals surface area contributed by atoms with Crippen molar-refractivity contribution in [3.05, 3.63) is 6.92 Å². The SMILES string of the molecule is [CH2]CC[C@H](CC)C(=N)CC(C)C. The van der Waals surface area contributed by atoms with Gasteiger partial charge in [-0.25, -0.2) is 0 Å². The smallest absolute Gasteiger partial charge is 0.0122 e. The van der Waals surface area contributed by atoms with E-state index in [1.165, 1.54) is 0 Å². The molecule has 0 bridgehead atoms. The average molecular weight is 168 g/mol. The Morgan fingerprint density at radius 3 is 2.33 bits per heavy atom. The van der Waals surface area contributed by atoms with Crippen molar-refractivity contribution in [3.8, 4) is 0 Å². The maximum Gasteiger partial charge on any atom is 0.0122 e. The minimum absolute atomic E-state index is 0.491. The first-order valence-electron chi connectivity index (χ1n) is 4.98. The van der Waals surface area contributed by atoms with Crippen LogP contribution in [0.15, 0.2) is 0 Å². The van der Waals surface area contributed by atoms with Crippen molar-refractivity contribution in [3.63, 3.8) is 0 Å². The maximum absolute atomic E-state index is 7.85. The highest BCUT2D eigenvalue weighted by atomic mass is 14.4. The second-order valence-corrected chi connectivity index (χ2v) is 3.87. The van der Waals surface area contributed by atoms with Gasteiger partial charge in [0.2, 0.25) is 0 Å². The molecule has 0 aromatic rings. The molecule has 0 unspecified atom stereocenters. The van der Waals surface area contributed by atoms with Crippen LogP contribution in [0.1, 0.15) is 46.5 Å². The van der Waals surface area contributed by atoms with E-state index in [9.17, 15) is 0 Å². The molecule has 0 saturated carbocycles. The molecule has 0 heterocycles. The Morgan fingerprint density at radius 2 is 2.00 bits per heavy atom. The Balaban J connectivity index is 3.85. The molecule has 0 aliphatic rings. The highest BCUT2D eigenvalue weighted by molar-refractivity contribution is 5.83. The van der Waals surface area contributed by atoms with Crippen LogP contribution in [0.5, 0.6) is 0 Å². The van der Waals surface area contributed by atoms with Crippen molar-refractivity contribution in [1.29, 1.82) is 5.41 Å². The first-order chi connectivity index (χ1) is 5.61. The zero-order chi connectivity index (χ0) is 9.56. The van der Waals surface area contributed by atoms with E-state index in [2.05, 4.69) is 27.7 Å². The van der Waals surface area contributed by atoms with Gasteiger partial charge in [-0.3, -0.25) is 0 Å². The Bertz CT molecular complexity index is 127. The number of hydrogen-bond acceptors (Lipinski definition) is 1. The Labute approximate surface area is 77.1 Å². The molecule has 1 atom stereocenters. The van der Waals surface area contributed by atoms with Gasteiger partial charge in [0, 0.05) is 5.71 Å². The summed E-state index contributed by atoms with van der Waals surface area (Å²) in [4.78, 5) is 0. The van der Waals surface area contributed by atoms with Crippen molar-refractivity contribution in [2.45, 2.75) is 46.5 Å². The molecule has 0 rings (SSSR count).